The van der Waals surface area contributed by atoms with Crippen molar-refractivity contribution < 1.29 is 4.79 Å². The predicted octanol–water partition coefficient (Wildman–Crippen LogP) is 3.05. The lowest BCUT2D eigenvalue weighted by atomic mass is 10.1. The van der Waals surface area contributed by atoms with Crippen LogP contribution in [0.15, 0.2) is 24.4 Å². The molecule has 2 rings (SSSR count). The lowest BCUT2D eigenvalue weighted by Gasteiger charge is -2.26. The number of amides is 1. The van der Waals surface area contributed by atoms with E-state index in [0.29, 0.717) is 17.7 Å². The van der Waals surface area contributed by atoms with Gasteiger partial charge in [0.1, 0.15) is 11.4 Å². The second kappa shape index (κ2) is 8.14. The first-order valence-corrected chi connectivity index (χ1v) is 8.73. The van der Waals surface area contributed by atoms with Crippen LogP contribution in [0.25, 0.3) is 0 Å². The van der Waals surface area contributed by atoms with Gasteiger partial charge < -0.3 is 11.1 Å². The Morgan fingerprint density at radius 2 is 1.81 bits per heavy atom. The fourth-order valence-electron chi connectivity index (χ4n) is 2.95. The van der Waals surface area contributed by atoms with Crippen molar-refractivity contribution in [1.29, 1.82) is 0 Å². The first kappa shape index (κ1) is 19.7. The molecule has 7 nitrogen and oxygen atoms in total. The van der Waals surface area contributed by atoms with Gasteiger partial charge in [-0.3, -0.25) is 9.80 Å². The van der Waals surface area contributed by atoms with E-state index in [2.05, 4.69) is 35.2 Å². The molecule has 7 heteroatoms. The second-order valence-corrected chi connectivity index (χ2v) is 7.18. The first-order chi connectivity index (χ1) is 12.2. The van der Waals surface area contributed by atoms with Crippen LogP contribution in [-0.2, 0) is 0 Å². The molecule has 140 valence electrons. The van der Waals surface area contributed by atoms with Crippen molar-refractivity contribution in [2.75, 3.05) is 10.3 Å². The third-order valence-corrected chi connectivity index (χ3v) is 4.04. The number of aromatic nitrogens is 2. The van der Waals surface area contributed by atoms with Crippen LogP contribution in [0.4, 0.5) is 17.5 Å². The molecule has 1 heterocycles. The van der Waals surface area contributed by atoms with E-state index in [1.165, 1.54) is 11.2 Å². The summed E-state index contributed by atoms with van der Waals surface area (Å²) in [6.45, 7) is 10.3. The summed E-state index contributed by atoms with van der Waals surface area (Å²) in [4.78, 5) is 20.4. The van der Waals surface area contributed by atoms with Gasteiger partial charge in [-0.05, 0) is 56.4 Å². The van der Waals surface area contributed by atoms with Gasteiger partial charge in [0, 0.05) is 17.9 Å². The number of hydrazine groups is 1. The van der Waals surface area contributed by atoms with Crippen molar-refractivity contribution >= 4 is 23.4 Å². The molecule has 0 bridgehead atoms. The minimum Gasteiger partial charge on any atom is -0.365 e. The number of nitrogens with one attached hydrogen (secondary N) is 1. The molecule has 0 fully saturated rings. The highest BCUT2D eigenvalue weighted by atomic mass is 16.1. The van der Waals surface area contributed by atoms with Crippen molar-refractivity contribution in [3.8, 4) is 0 Å². The molecule has 2 aromatic rings. The summed E-state index contributed by atoms with van der Waals surface area (Å²) in [5, 5.41) is 4.70. The molecule has 0 aliphatic rings. The molecule has 0 aliphatic carbocycles. The van der Waals surface area contributed by atoms with Crippen molar-refractivity contribution in [3.05, 3.63) is 41.1 Å². The van der Waals surface area contributed by atoms with Crippen molar-refractivity contribution in [3.63, 3.8) is 0 Å². The zero-order valence-electron chi connectivity index (χ0n) is 16.1. The fraction of sp³-hybridized carbons (Fsp3) is 0.421. The molecular weight excluding hydrogens is 328 g/mol. The van der Waals surface area contributed by atoms with E-state index in [1.807, 2.05) is 32.9 Å². The molecule has 1 atom stereocenters. The quantitative estimate of drug-likeness (QED) is 0.519. The van der Waals surface area contributed by atoms with Crippen LogP contribution in [0.5, 0.6) is 0 Å². The van der Waals surface area contributed by atoms with Crippen LogP contribution in [0.1, 0.15) is 48.7 Å². The van der Waals surface area contributed by atoms with E-state index in [4.69, 9.17) is 11.6 Å². The number of nitrogens with zero attached hydrogens (tertiary/aromatic N) is 3. The van der Waals surface area contributed by atoms with Crippen LogP contribution >= 0.6 is 0 Å². The highest BCUT2D eigenvalue weighted by molar-refractivity contribution is 5.98. The van der Waals surface area contributed by atoms with Gasteiger partial charge >= 0.3 is 0 Å². The summed E-state index contributed by atoms with van der Waals surface area (Å²) in [7, 11) is 0. The Balaban J connectivity index is 2.37. The molecule has 0 saturated heterocycles. The zero-order chi connectivity index (χ0) is 19.4. The lowest BCUT2D eigenvalue weighted by Crippen LogP contribution is -2.41. The second-order valence-electron chi connectivity index (χ2n) is 7.18. The van der Waals surface area contributed by atoms with Gasteiger partial charge in [-0.2, -0.15) is 4.98 Å². The van der Waals surface area contributed by atoms with E-state index < -0.39 is 5.91 Å². The first-order valence-electron chi connectivity index (χ1n) is 8.73. The Labute approximate surface area is 154 Å². The summed E-state index contributed by atoms with van der Waals surface area (Å²) in [5.74, 6) is 6.78. The van der Waals surface area contributed by atoms with Crippen LogP contribution in [0, 0.1) is 19.8 Å². The number of hydrogen-bond acceptors (Lipinski definition) is 6. The van der Waals surface area contributed by atoms with Gasteiger partial charge in [-0.15, -0.1) is 0 Å². The molecule has 0 radical (unpaired) electrons. The summed E-state index contributed by atoms with van der Waals surface area (Å²) >= 11 is 0. The van der Waals surface area contributed by atoms with Gasteiger partial charge in [0.2, 0.25) is 5.95 Å². The SMILES string of the molecule is Cc1cc(C)cc(Nc2nc(N(N)[C@H](C)CC(C)C)ncc2C(N)=O)c1. The number of carbonyl (C=O) groups excluding carboxylic acids is 1. The summed E-state index contributed by atoms with van der Waals surface area (Å²) in [5.41, 5.74) is 8.73. The Hall–Kier alpha value is -2.67. The maximum Gasteiger partial charge on any atom is 0.254 e. The topological polar surface area (TPSA) is 110 Å². The molecule has 26 heavy (non-hydrogen) atoms. The highest BCUT2D eigenvalue weighted by Gasteiger charge is 2.19. The van der Waals surface area contributed by atoms with Crippen LogP contribution in [0.3, 0.4) is 0 Å². The number of rotatable bonds is 7. The maximum absolute atomic E-state index is 11.8. The number of nitrogens with two attached hydrogens (primary N) is 2. The average molecular weight is 356 g/mol. The molecule has 1 aromatic heterocycles. The lowest BCUT2D eigenvalue weighted by molar-refractivity contribution is 0.100. The molecule has 1 aromatic carbocycles. The standard InChI is InChI=1S/C19H28N6O/c1-11(2)6-14(5)25(21)19-22-10-16(17(20)26)18(24-19)23-15-8-12(3)7-13(4)9-15/h7-11,14H,6,21H2,1-5H3,(H2,20,26)(H,22,23,24)/t14-/m1/s1. The molecule has 0 spiro atoms. The average Bonchev–Trinajstić information content (AvgIpc) is 2.52. The summed E-state index contributed by atoms with van der Waals surface area (Å²) < 4.78 is 0. The molecular formula is C19H28N6O. The summed E-state index contributed by atoms with van der Waals surface area (Å²) in [6, 6.07) is 6.08. The van der Waals surface area contributed by atoms with Crippen molar-refractivity contribution in [2.24, 2.45) is 17.5 Å². The van der Waals surface area contributed by atoms with E-state index in [1.54, 1.807) is 0 Å². The minimum absolute atomic E-state index is 0.0588. The largest absolute Gasteiger partial charge is 0.365 e. The number of aryl methyl sites for hydroxylation is 2. The monoisotopic (exact) mass is 356 g/mol. The Morgan fingerprint density at radius 3 is 2.35 bits per heavy atom. The van der Waals surface area contributed by atoms with Gasteiger partial charge in [0.25, 0.3) is 5.91 Å². The Bertz CT molecular complexity index is 769. The van der Waals surface area contributed by atoms with Crippen molar-refractivity contribution in [1.82, 2.24) is 9.97 Å². The third kappa shape index (κ3) is 4.92. The van der Waals surface area contributed by atoms with Crippen LogP contribution in [0.2, 0.25) is 0 Å². The zero-order valence-corrected chi connectivity index (χ0v) is 16.1. The third-order valence-electron chi connectivity index (χ3n) is 4.04. The normalized spacial score (nSPS) is 12.1. The molecule has 0 saturated carbocycles. The Kier molecular flexibility index (Phi) is 6.15. The predicted molar refractivity (Wildman–Crippen MR) is 105 cm³/mol. The van der Waals surface area contributed by atoms with E-state index in [9.17, 15) is 4.79 Å². The highest BCUT2D eigenvalue weighted by Crippen LogP contribution is 2.23. The number of benzene rings is 1. The molecule has 5 N–H and O–H groups in total. The van der Waals surface area contributed by atoms with Crippen molar-refractivity contribution in [2.45, 2.75) is 47.1 Å². The van der Waals surface area contributed by atoms with E-state index in [0.717, 1.165) is 23.2 Å². The molecule has 0 aliphatic heterocycles. The van der Waals surface area contributed by atoms with Gasteiger partial charge in [0.05, 0.1) is 0 Å². The van der Waals surface area contributed by atoms with E-state index >= 15 is 0 Å². The number of primary amides is 1. The minimum atomic E-state index is -0.595. The van der Waals surface area contributed by atoms with Gasteiger partial charge in [-0.1, -0.05) is 19.9 Å². The van der Waals surface area contributed by atoms with Crippen LogP contribution in [-0.4, -0.2) is 21.9 Å². The van der Waals surface area contributed by atoms with Gasteiger partial charge in [-0.25, -0.2) is 10.8 Å². The molecule has 1 amide bonds. The van der Waals surface area contributed by atoms with Crippen LogP contribution < -0.4 is 21.9 Å². The van der Waals surface area contributed by atoms with E-state index in [-0.39, 0.29) is 11.6 Å². The Morgan fingerprint density at radius 1 is 1.19 bits per heavy atom. The summed E-state index contributed by atoms with van der Waals surface area (Å²) in [6.07, 6.45) is 2.31. The smallest absolute Gasteiger partial charge is 0.254 e. The number of anilines is 3. The number of hydrogen-bond donors (Lipinski definition) is 3. The maximum atomic E-state index is 11.8. The molecule has 0 unspecified atom stereocenters. The number of carbonyl (C=O) groups is 1. The van der Waals surface area contributed by atoms with Gasteiger partial charge in [0.15, 0.2) is 0 Å². The fourth-order valence-corrected chi connectivity index (χ4v) is 2.95.